The zero-order valence-electron chi connectivity index (χ0n) is 9.86. The largest absolute Gasteiger partial charge is 0.364 e. The summed E-state index contributed by atoms with van der Waals surface area (Å²) in [6, 6.07) is 1.98. The first-order chi connectivity index (χ1) is 8.66. The maximum absolute atomic E-state index is 10.9. The molecule has 1 aliphatic rings. The zero-order valence-corrected chi connectivity index (χ0v) is 11.4. The summed E-state index contributed by atoms with van der Waals surface area (Å²) >= 11 is 3.18. The molecule has 0 aliphatic carbocycles. The lowest BCUT2D eigenvalue weighted by Gasteiger charge is -2.11. The fourth-order valence-electron chi connectivity index (χ4n) is 2.07. The molecule has 18 heavy (non-hydrogen) atoms. The topological polar surface area (TPSA) is 80.1 Å². The molecule has 1 atom stereocenters. The number of aromatic nitrogens is 1. The lowest BCUT2D eigenvalue weighted by atomic mass is 10.1. The molecular weight excluding hydrogens is 300 g/mol. The van der Waals surface area contributed by atoms with Crippen LogP contribution in [0.15, 0.2) is 16.7 Å². The summed E-state index contributed by atoms with van der Waals surface area (Å²) in [4.78, 5) is 14.5. The molecule has 1 aromatic heterocycles. The Kier molecular flexibility index (Phi) is 4.48. The van der Waals surface area contributed by atoms with Crippen molar-refractivity contribution < 1.29 is 4.92 Å². The van der Waals surface area contributed by atoms with Crippen LogP contribution in [0.4, 0.5) is 11.5 Å². The van der Waals surface area contributed by atoms with Crippen molar-refractivity contribution in [1.82, 2.24) is 10.3 Å². The summed E-state index contributed by atoms with van der Waals surface area (Å²) in [5, 5.41) is 17.3. The van der Waals surface area contributed by atoms with Gasteiger partial charge in [-0.15, -0.1) is 0 Å². The van der Waals surface area contributed by atoms with Gasteiger partial charge in [0.1, 0.15) is 0 Å². The van der Waals surface area contributed by atoms with Crippen molar-refractivity contribution in [2.45, 2.75) is 25.3 Å². The highest BCUT2D eigenvalue weighted by atomic mass is 79.9. The Bertz CT molecular complexity index is 435. The van der Waals surface area contributed by atoms with E-state index < -0.39 is 4.92 Å². The number of nitro groups is 1. The summed E-state index contributed by atoms with van der Waals surface area (Å²) in [6.07, 6.45) is 4.90. The molecule has 7 heteroatoms. The molecule has 1 aliphatic heterocycles. The third-order valence-electron chi connectivity index (χ3n) is 2.98. The standard InChI is InChI=1S/C11H15BrN4O2/c12-8-6-10(16(17)18)11(15-7-8)14-5-3-9-2-1-4-13-9/h6-7,9,13H,1-5H2,(H,14,15)/t9-/m0/s1. The highest BCUT2D eigenvalue weighted by Crippen LogP contribution is 2.25. The Morgan fingerprint density at radius 3 is 3.17 bits per heavy atom. The number of rotatable bonds is 5. The van der Waals surface area contributed by atoms with E-state index >= 15 is 0 Å². The van der Waals surface area contributed by atoms with Gasteiger partial charge in [0.15, 0.2) is 0 Å². The van der Waals surface area contributed by atoms with Crippen molar-refractivity contribution in [3.63, 3.8) is 0 Å². The van der Waals surface area contributed by atoms with Crippen molar-refractivity contribution in [2.24, 2.45) is 0 Å². The molecular formula is C11H15BrN4O2. The van der Waals surface area contributed by atoms with Crippen LogP contribution in [0.25, 0.3) is 0 Å². The van der Waals surface area contributed by atoms with E-state index in [9.17, 15) is 10.1 Å². The van der Waals surface area contributed by atoms with Crippen LogP contribution in [-0.4, -0.2) is 29.0 Å². The molecule has 0 unspecified atom stereocenters. The first-order valence-corrected chi connectivity index (χ1v) is 6.73. The van der Waals surface area contributed by atoms with Crippen LogP contribution in [0, 0.1) is 10.1 Å². The molecule has 0 amide bonds. The molecule has 2 heterocycles. The van der Waals surface area contributed by atoms with Crippen LogP contribution in [0.1, 0.15) is 19.3 Å². The molecule has 98 valence electrons. The van der Waals surface area contributed by atoms with E-state index in [2.05, 4.69) is 31.5 Å². The number of pyridine rings is 1. The fraction of sp³-hybridized carbons (Fsp3) is 0.545. The zero-order chi connectivity index (χ0) is 13.0. The molecule has 0 saturated carbocycles. The quantitative estimate of drug-likeness (QED) is 0.644. The predicted octanol–water partition coefficient (Wildman–Crippen LogP) is 2.31. The molecule has 6 nitrogen and oxygen atoms in total. The van der Waals surface area contributed by atoms with E-state index in [4.69, 9.17) is 0 Å². The van der Waals surface area contributed by atoms with Gasteiger partial charge in [-0.05, 0) is 41.7 Å². The van der Waals surface area contributed by atoms with Crippen molar-refractivity contribution in [2.75, 3.05) is 18.4 Å². The number of halogens is 1. The number of anilines is 1. The van der Waals surface area contributed by atoms with E-state index in [1.807, 2.05) is 0 Å². The molecule has 0 aromatic carbocycles. The van der Waals surface area contributed by atoms with Crippen LogP contribution in [-0.2, 0) is 0 Å². The Hall–Kier alpha value is -1.21. The minimum atomic E-state index is -0.423. The van der Waals surface area contributed by atoms with E-state index in [0.29, 0.717) is 22.9 Å². The first-order valence-electron chi connectivity index (χ1n) is 5.94. The van der Waals surface area contributed by atoms with Crippen LogP contribution < -0.4 is 10.6 Å². The van der Waals surface area contributed by atoms with Gasteiger partial charge < -0.3 is 10.6 Å². The monoisotopic (exact) mass is 314 g/mol. The van der Waals surface area contributed by atoms with Gasteiger partial charge in [0, 0.05) is 29.3 Å². The Morgan fingerprint density at radius 2 is 2.50 bits per heavy atom. The molecule has 0 radical (unpaired) electrons. The molecule has 1 saturated heterocycles. The summed E-state index contributed by atoms with van der Waals surface area (Å²) < 4.78 is 0.609. The number of nitrogens with one attached hydrogen (secondary N) is 2. The minimum Gasteiger partial charge on any atom is -0.364 e. The average Bonchev–Trinajstić information content (AvgIpc) is 2.84. The molecule has 1 aromatic rings. The van der Waals surface area contributed by atoms with Gasteiger partial charge >= 0.3 is 5.69 Å². The van der Waals surface area contributed by atoms with E-state index in [-0.39, 0.29) is 5.69 Å². The Morgan fingerprint density at radius 1 is 1.67 bits per heavy atom. The SMILES string of the molecule is O=[N+]([O-])c1cc(Br)cnc1NCC[C@@H]1CCCN1. The molecule has 0 bridgehead atoms. The Balaban J connectivity index is 1.93. The van der Waals surface area contributed by atoms with Gasteiger partial charge in [0.2, 0.25) is 5.82 Å². The smallest absolute Gasteiger partial charge is 0.312 e. The normalized spacial score (nSPS) is 18.8. The summed E-state index contributed by atoms with van der Waals surface area (Å²) in [5.74, 6) is 0.334. The lowest BCUT2D eigenvalue weighted by Crippen LogP contribution is -2.24. The second-order valence-corrected chi connectivity index (χ2v) is 5.20. The van der Waals surface area contributed by atoms with E-state index in [1.54, 1.807) is 6.20 Å². The molecule has 2 rings (SSSR count). The van der Waals surface area contributed by atoms with Crippen molar-refractivity contribution in [1.29, 1.82) is 0 Å². The van der Waals surface area contributed by atoms with Crippen LogP contribution >= 0.6 is 15.9 Å². The van der Waals surface area contributed by atoms with Gasteiger partial charge in [-0.2, -0.15) is 0 Å². The molecule has 0 spiro atoms. The van der Waals surface area contributed by atoms with Crippen LogP contribution in [0.2, 0.25) is 0 Å². The third kappa shape index (κ3) is 3.39. The van der Waals surface area contributed by atoms with Gasteiger partial charge in [-0.1, -0.05) is 0 Å². The maximum Gasteiger partial charge on any atom is 0.312 e. The van der Waals surface area contributed by atoms with Crippen molar-refractivity contribution in [3.05, 3.63) is 26.9 Å². The maximum atomic E-state index is 10.9. The first kappa shape index (κ1) is 13.2. The number of nitrogens with zero attached hydrogens (tertiary/aromatic N) is 2. The Labute approximate surface area is 113 Å². The second kappa shape index (κ2) is 6.10. The van der Waals surface area contributed by atoms with Gasteiger partial charge in [0.05, 0.1) is 4.92 Å². The fourth-order valence-corrected chi connectivity index (χ4v) is 2.39. The van der Waals surface area contributed by atoms with Gasteiger partial charge in [-0.25, -0.2) is 4.98 Å². The van der Waals surface area contributed by atoms with E-state index in [1.165, 1.54) is 18.9 Å². The third-order valence-corrected chi connectivity index (χ3v) is 3.41. The van der Waals surface area contributed by atoms with Crippen LogP contribution in [0.5, 0.6) is 0 Å². The predicted molar refractivity (Wildman–Crippen MR) is 72.7 cm³/mol. The van der Waals surface area contributed by atoms with E-state index in [0.717, 1.165) is 13.0 Å². The number of hydrogen-bond donors (Lipinski definition) is 2. The van der Waals surface area contributed by atoms with Crippen LogP contribution in [0.3, 0.4) is 0 Å². The summed E-state index contributed by atoms with van der Waals surface area (Å²) in [6.45, 7) is 1.76. The van der Waals surface area contributed by atoms with Crippen molar-refractivity contribution >= 4 is 27.4 Å². The summed E-state index contributed by atoms with van der Waals surface area (Å²) in [5.41, 5.74) is 0.00348. The van der Waals surface area contributed by atoms with Crippen molar-refractivity contribution in [3.8, 4) is 0 Å². The molecule has 1 fully saturated rings. The minimum absolute atomic E-state index is 0.00348. The lowest BCUT2D eigenvalue weighted by molar-refractivity contribution is -0.384. The van der Waals surface area contributed by atoms with Gasteiger partial charge in [-0.3, -0.25) is 10.1 Å². The average molecular weight is 315 g/mol. The number of hydrogen-bond acceptors (Lipinski definition) is 5. The summed E-state index contributed by atoms with van der Waals surface area (Å²) in [7, 11) is 0. The van der Waals surface area contributed by atoms with Gasteiger partial charge in [0.25, 0.3) is 0 Å². The highest BCUT2D eigenvalue weighted by Gasteiger charge is 2.17. The second-order valence-electron chi connectivity index (χ2n) is 4.29. The highest BCUT2D eigenvalue weighted by molar-refractivity contribution is 9.10. The molecule has 2 N–H and O–H groups in total.